The second-order valence-corrected chi connectivity index (χ2v) is 9.04. The van der Waals surface area contributed by atoms with Gasteiger partial charge >= 0.3 is 0 Å². The molecule has 0 aromatic heterocycles. The Balaban J connectivity index is 1.33. The molecule has 3 aliphatic rings. The van der Waals surface area contributed by atoms with Gasteiger partial charge < -0.3 is 20.2 Å². The zero-order valence-electron chi connectivity index (χ0n) is 16.7. The van der Waals surface area contributed by atoms with Crippen LogP contribution in [0, 0.1) is 11.3 Å². The van der Waals surface area contributed by atoms with Gasteiger partial charge in [-0.1, -0.05) is 6.42 Å². The van der Waals surface area contributed by atoms with Crippen LogP contribution in [0.25, 0.3) is 0 Å². The molecule has 6 nitrogen and oxygen atoms in total. The van der Waals surface area contributed by atoms with Crippen LogP contribution >= 0.6 is 0 Å². The van der Waals surface area contributed by atoms with Crippen LogP contribution in [-0.4, -0.2) is 66.1 Å². The van der Waals surface area contributed by atoms with Crippen molar-refractivity contribution in [2.75, 3.05) is 38.5 Å². The van der Waals surface area contributed by atoms with Crippen LogP contribution in [-0.2, 0) is 4.79 Å². The number of carbonyl (C=O) groups excluding carboxylic acids is 2. The highest BCUT2D eigenvalue weighted by Crippen LogP contribution is 2.39. The minimum atomic E-state index is -0.260. The molecule has 1 saturated carbocycles. The molecule has 1 spiro atoms. The van der Waals surface area contributed by atoms with Crippen LogP contribution in [0.2, 0.25) is 0 Å². The third kappa shape index (κ3) is 4.08. The smallest absolute Gasteiger partial charge is 0.253 e. The number of anilines is 1. The molecule has 6 heteroatoms. The summed E-state index contributed by atoms with van der Waals surface area (Å²) in [6, 6.07) is 7.26. The average molecular weight is 386 g/mol. The number of rotatable bonds is 3. The summed E-state index contributed by atoms with van der Waals surface area (Å²) in [7, 11) is 2.06. The van der Waals surface area contributed by atoms with Crippen molar-refractivity contribution < 1.29 is 14.7 Å². The van der Waals surface area contributed by atoms with Gasteiger partial charge in [0.1, 0.15) is 0 Å². The fourth-order valence-corrected chi connectivity index (χ4v) is 4.97. The lowest BCUT2D eigenvalue weighted by molar-refractivity contribution is -0.122. The van der Waals surface area contributed by atoms with Crippen LogP contribution in [0.3, 0.4) is 0 Å². The summed E-state index contributed by atoms with van der Waals surface area (Å²) in [6.45, 7) is 3.22. The Labute approximate surface area is 166 Å². The molecule has 0 radical (unpaired) electrons. The van der Waals surface area contributed by atoms with Crippen LogP contribution in [0.4, 0.5) is 5.69 Å². The molecule has 28 heavy (non-hydrogen) atoms. The topological polar surface area (TPSA) is 72.9 Å². The lowest BCUT2D eigenvalue weighted by atomic mass is 9.71. The maximum Gasteiger partial charge on any atom is 0.253 e. The number of β-amino-alcohol motifs (C(OH)–C–C–N with tert-alkyl or cyclic N) is 1. The Morgan fingerprint density at radius 2 is 1.82 bits per heavy atom. The van der Waals surface area contributed by atoms with E-state index >= 15 is 0 Å². The van der Waals surface area contributed by atoms with Gasteiger partial charge in [0.2, 0.25) is 5.91 Å². The van der Waals surface area contributed by atoms with Gasteiger partial charge in [0.15, 0.2) is 0 Å². The second-order valence-electron chi connectivity index (χ2n) is 9.04. The van der Waals surface area contributed by atoms with Crippen molar-refractivity contribution in [3.8, 4) is 0 Å². The van der Waals surface area contributed by atoms with Crippen molar-refractivity contribution >= 4 is 17.5 Å². The molecule has 3 fully saturated rings. The van der Waals surface area contributed by atoms with E-state index in [-0.39, 0.29) is 29.3 Å². The molecule has 4 rings (SSSR count). The van der Waals surface area contributed by atoms with Gasteiger partial charge in [0.05, 0.1) is 6.10 Å². The van der Waals surface area contributed by atoms with Crippen molar-refractivity contribution in [2.24, 2.45) is 11.3 Å². The molecule has 1 aromatic rings. The van der Waals surface area contributed by atoms with Crippen LogP contribution in [0.15, 0.2) is 24.3 Å². The fourth-order valence-electron chi connectivity index (χ4n) is 4.97. The molecule has 1 aromatic carbocycles. The maximum atomic E-state index is 12.9. The first-order valence-corrected chi connectivity index (χ1v) is 10.5. The number of likely N-dealkylation sites (tertiary alicyclic amines) is 2. The molecule has 2 N–H and O–H groups in total. The third-order valence-electron chi connectivity index (χ3n) is 6.78. The van der Waals surface area contributed by atoms with Gasteiger partial charge in [-0.05, 0) is 68.8 Å². The van der Waals surface area contributed by atoms with E-state index in [1.807, 2.05) is 17.0 Å². The SMILES string of the molecule is CN1CC(O)CC2(CCN(C(=O)c3ccc(NC(=O)C4CCC4)cc3)CC2)C1. The Kier molecular flexibility index (Phi) is 5.43. The number of benzene rings is 1. The summed E-state index contributed by atoms with van der Waals surface area (Å²) in [5.74, 6) is 0.294. The van der Waals surface area contributed by atoms with E-state index in [4.69, 9.17) is 0 Å². The summed E-state index contributed by atoms with van der Waals surface area (Å²) in [5, 5.41) is 13.1. The Morgan fingerprint density at radius 1 is 1.14 bits per heavy atom. The number of hydrogen-bond acceptors (Lipinski definition) is 4. The zero-order valence-corrected chi connectivity index (χ0v) is 16.7. The van der Waals surface area contributed by atoms with Crippen LogP contribution < -0.4 is 5.32 Å². The molecule has 2 aliphatic heterocycles. The number of nitrogens with one attached hydrogen (secondary N) is 1. The van der Waals surface area contributed by atoms with Crippen molar-refractivity contribution in [1.82, 2.24) is 9.80 Å². The Morgan fingerprint density at radius 3 is 2.39 bits per heavy atom. The summed E-state index contributed by atoms with van der Waals surface area (Å²) in [5.41, 5.74) is 1.56. The standard InChI is InChI=1S/C22H31N3O3/c1-24-14-19(26)13-22(15-24)9-11-25(12-10-22)21(28)17-5-7-18(8-6-17)23-20(27)16-3-2-4-16/h5-8,16,19,26H,2-4,9-15H2,1H3,(H,23,27). The predicted molar refractivity (Wildman–Crippen MR) is 108 cm³/mol. The van der Waals surface area contributed by atoms with Crippen molar-refractivity contribution in [2.45, 2.75) is 44.6 Å². The van der Waals surface area contributed by atoms with Gasteiger partial charge in [-0.15, -0.1) is 0 Å². The lowest BCUT2D eigenvalue weighted by Gasteiger charge is -2.48. The van der Waals surface area contributed by atoms with E-state index in [0.717, 1.165) is 70.4 Å². The maximum absolute atomic E-state index is 12.9. The van der Waals surface area contributed by atoms with Crippen molar-refractivity contribution in [1.29, 1.82) is 0 Å². The fraction of sp³-hybridized carbons (Fsp3) is 0.636. The zero-order chi connectivity index (χ0) is 19.7. The number of carbonyl (C=O) groups is 2. The largest absolute Gasteiger partial charge is 0.392 e. The van der Waals surface area contributed by atoms with E-state index in [9.17, 15) is 14.7 Å². The highest BCUT2D eigenvalue weighted by molar-refractivity contribution is 5.96. The van der Waals surface area contributed by atoms with Crippen LogP contribution in [0.5, 0.6) is 0 Å². The Hall–Kier alpha value is -1.92. The van der Waals surface area contributed by atoms with E-state index in [1.165, 1.54) is 0 Å². The number of nitrogens with zero attached hydrogens (tertiary/aromatic N) is 2. The minimum absolute atomic E-state index is 0.0523. The van der Waals surface area contributed by atoms with Gasteiger partial charge in [0.25, 0.3) is 5.91 Å². The summed E-state index contributed by atoms with van der Waals surface area (Å²) >= 11 is 0. The molecular formula is C22H31N3O3. The molecule has 152 valence electrons. The average Bonchev–Trinajstić information content (AvgIpc) is 2.60. The molecule has 1 atom stereocenters. The van der Waals surface area contributed by atoms with E-state index in [2.05, 4.69) is 17.3 Å². The second kappa shape index (κ2) is 7.84. The molecule has 2 saturated heterocycles. The first-order valence-electron chi connectivity index (χ1n) is 10.5. The van der Waals surface area contributed by atoms with E-state index in [1.54, 1.807) is 12.1 Å². The third-order valence-corrected chi connectivity index (χ3v) is 6.78. The number of piperidine rings is 2. The predicted octanol–water partition coefficient (Wildman–Crippen LogP) is 2.34. The molecule has 2 amide bonds. The number of aliphatic hydroxyl groups excluding tert-OH is 1. The first-order chi connectivity index (χ1) is 13.4. The highest BCUT2D eigenvalue weighted by Gasteiger charge is 2.41. The monoisotopic (exact) mass is 385 g/mol. The Bertz CT molecular complexity index is 709. The lowest BCUT2D eigenvalue weighted by Crippen LogP contribution is -2.53. The van der Waals surface area contributed by atoms with Gasteiger partial charge in [-0.3, -0.25) is 9.59 Å². The quantitative estimate of drug-likeness (QED) is 0.838. The highest BCUT2D eigenvalue weighted by atomic mass is 16.3. The summed E-state index contributed by atoms with van der Waals surface area (Å²) in [6.07, 6.45) is 5.55. The minimum Gasteiger partial charge on any atom is -0.392 e. The molecule has 1 unspecified atom stereocenters. The first kappa shape index (κ1) is 19.4. The molecule has 2 heterocycles. The number of hydrogen-bond donors (Lipinski definition) is 2. The normalized spacial score (nSPS) is 25.4. The summed E-state index contributed by atoms with van der Waals surface area (Å²) < 4.78 is 0. The van der Waals surface area contributed by atoms with Crippen molar-refractivity contribution in [3.63, 3.8) is 0 Å². The summed E-state index contributed by atoms with van der Waals surface area (Å²) in [4.78, 5) is 29.1. The van der Waals surface area contributed by atoms with Gasteiger partial charge in [-0.25, -0.2) is 0 Å². The van der Waals surface area contributed by atoms with Crippen molar-refractivity contribution in [3.05, 3.63) is 29.8 Å². The van der Waals surface area contributed by atoms with E-state index in [0.29, 0.717) is 5.56 Å². The van der Waals surface area contributed by atoms with Gasteiger partial charge in [-0.2, -0.15) is 0 Å². The number of aliphatic hydroxyl groups is 1. The van der Waals surface area contributed by atoms with E-state index < -0.39 is 0 Å². The van der Waals surface area contributed by atoms with Crippen LogP contribution in [0.1, 0.15) is 48.9 Å². The molecule has 0 bridgehead atoms. The van der Waals surface area contributed by atoms with Gasteiger partial charge in [0, 0.05) is 43.3 Å². The number of likely N-dealkylation sites (N-methyl/N-ethyl adjacent to an activating group) is 1. The molecular weight excluding hydrogens is 354 g/mol. The molecule has 1 aliphatic carbocycles. The number of amides is 2.